The molecule has 0 spiro atoms. The van der Waals surface area contributed by atoms with Crippen molar-refractivity contribution in [1.29, 1.82) is 0 Å². The van der Waals surface area contributed by atoms with Crippen LogP contribution in [0.5, 0.6) is 0 Å². The van der Waals surface area contributed by atoms with Gasteiger partial charge in [0.25, 0.3) is 0 Å². The van der Waals surface area contributed by atoms with Crippen LogP contribution in [0.2, 0.25) is 30.1 Å². The molecule has 3 unspecified atom stereocenters. The van der Waals surface area contributed by atoms with Crippen LogP contribution in [-0.4, -0.2) is 57.5 Å². The third kappa shape index (κ3) is 27.1. The minimum absolute atomic E-state index is 0.0796. The number of aryl methyl sites for hydroxylation is 6. The normalized spacial score (nSPS) is 15.9. The van der Waals surface area contributed by atoms with E-state index < -0.39 is 0 Å². The molecule has 5 atom stereocenters. The van der Waals surface area contributed by atoms with E-state index in [2.05, 4.69) is 64.4 Å². The zero-order valence-corrected chi connectivity index (χ0v) is 82.5. The van der Waals surface area contributed by atoms with Gasteiger partial charge in [0.15, 0.2) is 0 Å². The van der Waals surface area contributed by atoms with Crippen LogP contribution >= 0.6 is 139 Å². The van der Waals surface area contributed by atoms with Crippen LogP contribution in [-0.2, 0) is 43.9 Å². The van der Waals surface area contributed by atoms with Gasteiger partial charge >= 0.3 is 0 Å². The van der Waals surface area contributed by atoms with Gasteiger partial charge in [-0.2, -0.15) is 0 Å². The SMILES string of the molecule is CC(C)(CCc1snnc1C1CC1)c1c(F)cccc1Cl.CC(CCc1snnc1C1CC1)c1c(F)cccc1Cl.CCCCC(CCc1snnc1C1CC1)c1c(F)cccc1Cl.C[C@@H](CCc1snnc1C1CC1)c1c(F)cccc1Cl.C[C@H](CCc1snnc1C1CC1)c1c(F)cccc1Cl.Fc1cccc(Cl)c1C(CCc1snnc1C1CC1)c1ccccc1. The highest BCUT2D eigenvalue weighted by atomic mass is 35.5. The van der Waals surface area contributed by atoms with Crippen molar-refractivity contribution in [1.82, 2.24) is 57.5 Å². The lowest BCUT2D eigenvalue weighted by Gasteiger charge is -2.26. The number of hydrogen-bond acceptors (Lipinski definition) is 18. The third-order valence-corrected chi connectivity index (χ3v) is 31.8. The molecule has 6 aliphatic carbocycles. The van der Waals surface area contributed by atoms with Crippen LogP contribution in [0.1, 0.15) is 344 Å². The molecule has 19 rings (SSSR count). The van der Waals surface area contributed by atoms with Crippen molar-refractivity contribution in [3.05, 3.63) is 307 Å². The summed E-state index contributed by atoms with van der Waals surface area (Å²) in [5.74, 6) is 2.76. The van der Waals surface area contributed by atoms with Crippen molar-refractivity contribution >= 4 is 139 Å². The number of benzene rings is 7. The highest BCUT2D eigenvalue weighted by Crippen LogP contribution is 2.50. The van der Waals surface area contributed by atoms with E-state index in [0.29, 0.717) is 99.0 Å². The quantitative estimate of drug-likeness (QED) is 0.0353. The first-order valence-corrected chi connectivity index (χ1v) is 51.9. The minimum Gasteiger partial charge on any atom is -0.207 e. The first kappa shape index (κ1) is 98.2. The van der Waals surface area contributed by atoms with Crippen LogP contribution in [0.15, 0.2) is 140 Å². The molecular formula is C99H106Cl6F6N12S6. The maximum atomic E-state index is 14.6. The van der Waals surface area contributed by atoms with Gasteiger partial charge in [0, 0.05) is 134 Å². The molecule has 0 saturated heterocycles. The Balaban J connectivity index is 0.000000125. The topological polar surface area (TPSA) is 155 Å². The van der Waals surface area contributed by atoms with Crippen molar-refractivity contribution in [2.45, 2.75) is 285 Å². The van der Waals surface area contributed by atoms with E-state index in [1.165, 1.54) is 235 Å². The smallest absolute Gasteiger partial charge is 0.128 e. The van der Waals surface area contributed by atoms with Crippen molar-refractivity contribution in [3.63, 3.8) is 0 Å². The van der Waals surface area contributed by atoms with Crippen LogP contribution in [0.25, 0.3) is 0 Å². The van der Waals surface area contributed by atoms with E-state index in [9.17, 15) is 26.3 Å². The molecule has 129 heavy (non-hydrogen) atoms. The van der Waals surface area contributed by atoms with Gasteiger partial charge < -0.3 is 0 Å². The molecule has 0 radical (unpaired) electrons. The van der Waals surface area contributed by atoms with Crippen LogP contribution < -0.4 is 0 Å². The summed E-state index contributed by atoms with van der Waals surface area (Å²) in [6.07, 6.45) is 28.3. The van der Waals surface area contributed by atoms with Crippen LogP contribution in [0.3, 0.4) is 0 Å². The lowest BCUT2D eigenvalue weighted by Crippen LogP contribution is -2.20. The monoisotopic (exact) mass is 1980 g/mol. The first-order chi connectivity index (χ1) is 62.4. The van der Waals surface area contributed by atoms with Gasteiger partial charge in [-0.15, -0.1) is 30.6 Å². The van der Waals surface area contributed by atoms with Gasteiger partial charge in [-0.25, -0.2) is 26.3 Å². The number of hydrogen-bond donors (Lipinski definition) is 0. The summed E-state index contributed by atoms with van der Waals surface area (Å²) in [6, 6.07) is 39.4. The van der Waals surface area contributed by atoms with Crippen molar-refractivity contribution < 1.29 is 26.3 Å². The summed E-state index contributed by atoms with van der Waals surface area (Å²) in [7, 11) is 0. The molecule has 6 saturated carbocycles. The van der Waals surface area contributed by atoms with Crippen LogP contribution in [0, 0.1) is 34.9 Å². The van der Waals surface area contributed by atoms with Crippen molar-refractivity contribution in [3.8, 4) is 0 Å². The van der Waals surface area contributed by atoms with Gasteiger partial charge in [0.2, 0.25) is 0 Å². The second kappa shape index (κ2) is 46.9. The van der Waals surface area contributed by atoms with Crippen molar-refractivity contribution in [2.75, 3.05) is 0 Å². The van der Waals surface area contributed by atoms with E-state index in [0.717, 1.165) is 113 Å². The Labute approximate surface area is 807 Å². The van der Waals surface area contributed by atoms with Gasteiger partial charge in [0.1, 0.15) is 34.9 Å². The predicted octanol–water partition coefficient (Wildman–Crippen LogP) is 32.0. The zero-order chi connectivity index (χ0) is 90.8. The largest absolute Gasteiger partial charge is 0.207 e. The Bertz CT molecular complexity index is 5410. The molecule has 6 fully saturated rings. The second-order valence-electron chi connectivity index (χ2n) is 35.5. The number of unbranched alkanes of at least 4 members (excludes halogenated alkanes) is 1. The lowest BCUT2D eigenvalue weighted by atomic mass is 9.80. The van der Waals surface area contributed by atoms with Crippen LogP contribution in [0.4, 0.5) is 26.3 Å². The Hall–Kier alpha value is -6.78. The number of nitrogens with zero attached hydrogens (tertiary/aromatic N) is 12. The summed E-state index contributed by atoms with van der Waals surface area (Å²) >= 11 is 46.1. The molecule has 0 aliphatic heterocycles. The number of halogens is 12. The maximum absolute atomic E-state index is 14.6. The maximum Gasteiger partial charge on any atom is 0.128 e. The van der Waals surface area contributed by atoms with Crippen molar-refractivity contribution in [2.24, 2.45) is 0 Å². The van der Waals surface area contributed by atoms with Gasteiger partial charge in [-0.1, -0.05) is 218 Å². The fraction of sp³-hybridized carbons (Fsp3) is 0.455. The molecule has 13 aromatic rings. The molecule has 6 aromatic heterocycles. The van der Waals surface area contributed by atoms with E-state index in [-0.39, 0.29) is 69.9 Å². The average Bonchev–Trinajstić information content (AvgIpc) is 1.52. The summed E-state index contributed by atoms with van der Waals surface area (Å²) in [6.45, 7) is 12.3. The fourth-order valence-corrected chi connectivity index (χ4v) is 23.3. The van der Waals surface area contributed by atoms with Gasteiger partial charge in [-0.3, -0.25) is 0 Å². The Morgan fingerprint density at radius 2 is 0.581 bits per heavy atom. The van der Waals surface area contributed by atoms with Gasteiger partial charge in [0.05, 0.1) is 34.2 Å². The Morgan fingerprint density at radius 1 is 0.310 bits per heavy atom. The molecule has 6 aliphatic rings. The molecule has 682 valence electrons. The average molecular weight is 1980 g/mol. The van der Waals surface area contributed by atoms with E-state index in [1.807, 2.05) is 65.0 Å². The Kier molecular flexibility index (Phi) is 35.7. The second-order valence-corrected chi connectivity index (χ2v) is 43.0. The fourth-order valence-electron chi connectivity index (χ4n) is 16.8. The standard InChI is InChI=1S/C20H18ClFN2S.C18H22ClFN2S.C16H18ClFN2S.3C15H16ClFN2S/c21-16-7-4-8-17(22)19(16)15(13-5-2-1-3-6-13)11-12-18-20(14-9-10-14)23-24-25-18;1-2-3-5-12(17-14(19)6-4-7-15(17)20)10-11-16-18(13-8-9-13)21-22-23-16;1-16(2,14-11(17)4-3-5-12(14)18)9-8-13-15(10-6-7-10)19-20-21-13;3*1-9(14-11(16)3-2-4-12(14)17)5-8-13-15(10-6-7-10)18-19-20-13/h1-8,14-15H,9-12H2;4,6-7,12-13H,2-3,5,8-11H2,1H3;3-5,10H,6-9H2,1-2H3;3*2-4,9-10H,5-8H2,1H3/t;;;2*9-;/m...10./s1. The summed E-state index contributed by atoms with van der Waals surface area (Å²) in [5.41, 5.74) is 11.5. The molecule has 0 N–H and O–H groups in total. The molecule has 12 nitrogen and oxygen atoms in total. The third-order valence-electron chi connectivity index (χ3n) is 25.0. The molecule has 6 heterocycles. The van der Waals surface area contributed by atoms with Gasteiger partial charge in [-0.05, 0) is 337 Å². The van der Waals surface area contributed by atoms with E-state index in [4.69, 9.17) is 69.6 Å². The summed E-state index contributed by atoms with van der Waals surface area (Å²) in [5, 5.41) is 28.6. The molecule has 0 bridgehead atoms. The molecular weight excluding hydrogens is 1880 g/mol. The first-order valence-electron chi connectivity index (χ1n) is 45.0. The highest BCUT2D eigenvalue weighted by molar-refractivity contribution is 7.07. The Morgan fingerprint density at radius 3 is 0.876 bits per heavy atom. The predicted molar refractivity (Wildman–Crippen MR) is 519 cm³/mol. The number of rotatable bonds is 34. The van der Waals surface area contributed by atoms with E-state index >= 15 is 0 Å². The molecule has 7 aromatic carbocycles. The molecule has 0 amide bonds. The zero-order valence-electron chi connectivity index (χ0n) is 73.1. The summed E-state index contributed by atoms with van der Waals surface area (Å²) < 4.78 is 109. The number of aromatic nitrogens is 12. The minimum atomic E-state index is -0.312. The molecule has 30 heteroatoms. The summed E-state index contributed by atoms with van der Waals surface area (Å²) in [4.78, 5) is 7.53. The van der Waals surface area contributed by atoms with E-state index in [1.54, 1.807) is 72.8 Å². The highest BCUT2D eigenvalue weighted by Gasteiger charge is 2.37. The lowest BCUT2D eigenvalue weighted by molar-refractivity contribution is 0.451.